The second kappa shape index (κ2) is 5.94. The Morgan fingerprint density at radius 2 is 2.26 bits per heavy atom. The van der Waals surface area contributed by atoms with Crippen molar-refractivity contribution in [3.8, 4) is 5.69 Å². The molecule has 1 heterocycles. The summed E-state index contributed by atoms with van der Waals surface area (Å²) in [6, 6.07) is 5.35. The summed E-state index contributed by atoms with van der Waals surface area (Å²) < 4.78 is 2.58. The van der Waals surface area contributed by atoms with E-state index in [-0.39, 0.29) is 5.75 Å². The number of rotatable bonds is 4. The lowest BCUT2D eigenvalue weighted by Crippen LogP contribution is -2.03. The first-order chi connectivity index (χ1) is 8.99. The zero-order chi connectivity index (χ0) is 14.0. The number of aryl methyl sites for hydroxylation is 1. The molecule has 0 saturated carbocycles. The molecule has 0 unspecified atom stereocenters. The summed E-state index contributed by atoms with van der Waals surface area (Å²) >= 11 is 10.5. The molecule has 0 spiro atoms. The molecular weight excluding hydrogens is 354 g/mol. The highest BCUT2D eigenvalue weighted by Gasteiger charge is 2.15. The molecule has 0 radical (unpaired) electrons. The van der Waals surface area contributed by atoms with E-state index in [0.717, 1.165) is 21.9 Å². The van der Waals surface area contributed by atoms with E-state index in [2.05, 4.69) is 26.1 Å². The van der Waals surface area contributed by atoms with E-state index in [1.54, 1.807) is 23.6 Å². The van der Waals surface area contributed by atoms with Crippen LogP contribution < -0.4 is 0 Å². The minimum atomic E-state index is -0.896. The predicted molar refractivity (Wildman–Crippen MR) is 77.2 cm³/mol. The van der Waals surface area contributed by atoms with Crippen LogP contribution in [0.25, 0.3) is 5.69 Å². The van der Waals surface area contributed by atoms with E-state index in [4.69, 9.17) is 16.7 Å². The number of halogens is 2. The molecule has 19 heavy (non-hydrogen) atoms. The lowest BCUT2D eigenvalue weighted by Gasteiger charge is -2.10. The first-order valence-corrected chi connectivity index (χ1v) is 7.36. The van der Waals surface area contributed by atoms with Gasteiger partial charge in [-0.2, -0.15) is 0 Å². The van der Waals surface area contributed by atoms with Gasteiger partial charge in [-0.15, -0.1) is 10.2 Å². The summed E-state index contributed by atoms with van der Waals surface area (Å²) in [4.78, 5) is 10.6. The molecule has 0 amide bonds. The Labute approximate surface area is 127 Å². The summed E-state index contributed by atoms with van der Waals surface area (Å²) in [7, 11) is 0. The third-order valence-electron chi connectivity index (χ3n) is 2.27. The molecule has 0 aliphatic heterocycles. The fourth-order valence-electron chi connectivity index (χ4n) is 1.50. The molecule has 100 valence electrons. The standard InChI is InChI=1S/C11H9BrClN3O2S/c1-6-14-15-11(19-5-10(17)18)16(6)9-3-2-7(13)4-8(9)12/h2-4H,5H2,1H3,(H,17,18). The van der Waals surface area contributed by atoms with Crippen molar-refractivity contribution in [2.75, 3.05) is 5.75 Å². The van der Waals surface area contributed by atoms with Crippen LogP contribution in [0.5, 0.6) is 0 Å². The Hall–Kier alpha value is -1.05. The molecule has 0 bridgehead atoms. The highest BCUT2D eigenvalue weighted by molar-refractivity contribution is 9.10. The van der Waals surface area contributed by atoms with E-state index in [1.807, 2.05) is 6.07 Å². The number of thioether (sulfide) groups is 1. The van der Waals surface area contributed by atoms with E-state index in [1.165, 1.54) is 0 Å². The minimum absolute atomic E-state index is 0.0661. The largest absolute Gasteiger partial charge is 0.481 e. The number of hydrogen-bond acceptors (Lipinski definition) is 4. The van der Waals surface area contributed by atoms with Crippen LogP contribution in [0.1, 0.15) is 5.82 Å². The van der Waals surface area contributed by atoms with Gasteiger partial charge in [-0.3, -0.25) is 9.36 Å². The normalized spacial score (nSPS) is 10.7. The van der Waals surface area contributed by atoms with Gasteiger partial charge in [0, 0.05) is 9.50 Å². The second-order valence-corrected chi connectivity index (χ2v) is 5.88. The van der Waals surface area contributed by atoms with Crippen LogP contribution in [0.4, 0.5) is 0 Å². The van der Waals surface area contributed by atoms with E-state index in [9.17, 15) is 4.79 Å². The summed E-state index contributed by atoms with van der Waals surface area (Å²) in [5.74, 6) is -0.285. The summed E-state index contributed by atoms with van der Waals surface area (Å²) in [6.45, 7) is 1.80. The van der Waals surface area contributed by atoms with Gasteiger partial charge in [0.25, 0.3) is 0 Å². The molecule has 1 N–H and O–H groups in total. The quantitative estimate of drug-likeness (QED) is 0.846. The van der Waals surface area contributed by atoms with Crippen LogP contribution in [-0.2, 0) is 4.79 Å². The molecule has 0 aliphatic carbocycles. The van der Waals surface area contributed by atoms with Crippen LogP contribution >= 0.6 is 39.3 Å². The van der Waals surface area contributed by atoms with Gasteiger partial charge >= 0.3 is 5.97 Å². The molecule has 1 aromatic carbocycles. The summed E-state index contributed by atoms with van der Waals surface area (Å²) in [6.07, 6.45) is 0. The van der Waals surface area contributed by atoms with E-state index in [0.29, 0.717) is 16.0 Å². The molecule has 0 atom stereocenters. The Balaban J connectivity index is 2.43. The van der Waals surface area contributed by atoms with Crippen molar-refractivity contribution in [2.45, 2.75) is 12.1 Å². The first-order valence-electron chi connectivity index (χ1n) is 5.21. The maximum atomic E-state index is 10.6. The van der Waals surface area contributed by atoms with E-state index < -0.39 is 5.97 Å². The number of hydrogen-bond donors (Lipinski definition) is 1. The molecule has 2 rings (SSSR count). The number of carboxylic acids is 1. The molecule has 8 heteroatoms. The van der Waals surface area contributed by atoms with Crippen molar-refractivity contribution in [3.05, 3.63) is 33.5 Å². The van der Waals surface area contributed by atoms with Crippen molar-refractivity contribution in [1.82, 2.24) is 14.8 Å². The fraction of sp³-hybridized carbons (Fsp3) is 0.182. The maximum Gasteiger partial charge on any atom is 0.313 e. The van der Waals surface area contributed by atoms with Crippen molar-refractivity contribution < 1.29 is 9.90 Å². The predicted octanol–water partition coefficient (Wildman–Crippen LogP) is 3.17. The average Bonchev–Trinajstić information content (AvgIpc) is 2.68. The highest BCUT2D eigenvalue weighted by atomic mass is 79.9. The van der Waals surface area contributed by atoms with Gasteiger partial charge < -0.3 is 5.11 Å². The van der Waals surface area contributed by atoms with Gasteiger partial charge in [-0.05, 0) is 41.1 Å². The lowest BCUT2D eigenvalue weighted by atomic mass is 10.3. The van der Waals surface area contributed by atoms with Gasteiger partial charge in [0.2, 0.25) is 0 Å². The zero-order valence-corrected chi connectivity index (χ0v) is 13.0. The Bertz CT molecular complexity index is 632. The van der Waals surface area contributed by atoms with Crippen molar-refractivity contribution >= 4 is 45.3 Å². The van der Waals surface area contributed by atoms with E-state index >= 15 is 0 Å². The van der Waals surface area contributed by atoms with Crippen LogP contribution in [0.15, 0.2) is 27.8 Å². The van der Waals surface area contributed by atoms with Gasteiger partial charge in [0.15, 0.2) is 5.16 Å². The van der Waals surface area contributed by atoms with Crippen molar-refractivity contribution in [1.29, 1.82) is 0 Å². The number of carboxylic acid groups (broad SMARTS) is 1. The molecule has 5 nitrogen and oxygen atoms in total. The maximum absolute atomic E-state index is 10.6. The average molecular weight is 363 g/mol. The fourth-order valence-corrected chi connectivity index (χ4v) is 3.07. The Morgan fingerprint density at radius 1 is 1.53 bits per heavy atom. The zero-order valence-electron chi connectivity index (χ0n) is 9.80. The third-order valence-corrected chi connectivity index (χ3v) is 4.05. The number of benzene rings is 1. The number of aromatic nitrogens is 3. The third kappa shape index (κ3) is 3.29. The van der Waals surface area contributed by atoms with Gasteiger partial charge in [-0.25, -0.2) is 0 Å². The highest BCUT2D eigenvalue weighted by Crippen LogP contribution is 2.29. The van der Waals surface area contributed by atoms with Gasteiger partial charge in [0.1, 0.15) is 5.82 Å². The van der Waals surface area contributed by atoms with Crippen LogP contribution in [0, 0.1) is 6.92 Å². The minimum Gasteiger partial charge on any atom is -0.481 e. The van der Waals surface area contributed by atoms with Crippen LogP contribution in [-0.4, -0.2) is 31.6 Å². The molecule has 0 fully saturated rings. The second-order valence-electron chi connectivity index (χ2n) is 3.64. The molecule has 0 aliphatic rings. The molecule has 0 saturated heterocycles. The van der Waals surface area contributed by atoms with Crippen LogP contribution in [0.2, 0.25) is 5.02 Å². The Kier molecular flexibility index (Phi) is 4.49. The number of aliphatic carboxylic acids is 1. The molecular formula is C11H9BrClN3O2S. The SMILES string of the molecule is Cc1nnc(SCC(=O)O)n1-c1ccc(Cl)cc1Br. The molecule has 1 aromatic heterocycles. The van der Waals surface area contributed by atoms with Crippen molar-refractivity contribution in [3.63, 3.8) is 0 Å². The summed E-state index contributed by atoms with van der Waals surface area (Å²) in [5.41, 5.74) is 0.819. The first kappa shape index (κ1) is 14.4. The van der Waals surface area contributed by atoms with Crippen molar-refractivity contribution in [2.24, 2.45) is 0 Å². The summed E-state index contributed by atoms with van der Waals surface area (Å²) in [5, 5.41) is 17.8. The Morgan fingerprint density at radius 3 is 2.89 bits per heavy atom. The smallest absolute Gasteiger partial charge is 0.313 e. The van der Waals surface area contributed by atoms with Gasteiger partial charge in [-0.1, -0.05) is 23.4 Å². The number of carbonyl (C=O) groups is 1. The van der Waals surface area contributed by atoms with Gasteiger partial charge in [0.05, 0.1) is 11.4 Å². The van der Waals surface area contributed by atoms with Crippen LogP contribution in [0.3, 0.4) is 0 Å². The lowest BCUT2D eigenvalue weighted by molar-refractivity contribution is -0.133. The monoisotopic (exact) mass is 361 g/mol. The molecule has 2 aromatic rings. The topological polar surface area (TPSA) is 68.0 Å². The number of nitrogens with zero attached hydrogens (tertiary/aromatic N) is 3.